The van der Waals surface area contributed by atoms with Crippen LogP contribution in [0, 0.1) is 6.92 Å². The Morgan fingerprint density at radius 3 is 2.53 bits per heavy atom. The lowest BCUT2D eigenvalue weighted by Crippen LogP contribution is -2.49. The van der Waals surface area contributed by atoms with Crippen molar-refractivity contribution in [3.05, 3.63) is 66.2 Å². The fourth-order valence-electron chi connectivity index (χ4n) is 4.58. The van der Waals surface area contributed by atoms with Gasteiger partial charge in [0.25, 0.3) is 0 Å². The van der Waals surface area contributed by atoms with Gasteiger partial charge in [0.2, 0.25) is 15.9 Å². The number of nitrogens with zero attached hydrogens (tertiary/aromatic N) is 4. The Balaban J connectivity index is 1.49. The number of amides is 1. The summed E-state index contributed by atoms with van der Waals surface area (Å²) in [6.45, 7) is 5.34. The molecule has 1 fully saturated rings. The molecule has 0 saturated carbocycles. The Bertz CT molecular complexity index is 1400. The third-order valence-corrected chi connectivity index (χ3v) is 8.41. The van der Waals surface area contributed by atoms with Crippen molar-refractivity contribution in [2.75, 3.05) is 48.5 Å². The zero-order chi connectivity index (χ0) is 25.4. The van der Waals surface area contributed by atoms with Crippen LogP contribution in [0.15, 0.2) is 65.6 Å². The number of carbonyl (C=O) groups is 1. The van der Waals surface area contributed by atoms with Gasteiger partial charge in [-0.15, -0.1) is 0 Å². The van der Waals surface area contributed by atoms with Crippen molar-refractivity contribution in [3.63, 3.8) is 0 Å². The second-order valence-corrected chi connectivity index (χ2v) is 10.9. The van der Waals surface area contributed by atoms with E-state index in [9.17, 15) is 13.2 Å². The number of benzene rings is 2. The predicted octanol–water partition coefficient (Wildman–Crippen LogP) is 3.66. The smallest absolute Gasteiger partial charge is 0.249 e. The first kappa shape index (κ1) is 24.2. The molecule has 1 amide bonds. The Hall–Kier alpha value is -3.47. The maximum Gasteiger partial charge on any atom is 0.249 e. The zero-order valence-corrected chi connectivity index (χ0v) is 21.3. The maximum absolute atomic E-state index is 13.1. The highest BCUT2D eigenvalue weighted by Crippen LogP contribution is 2.40. The van der Waals surface area contributed by atoms with Crippen molar-refractivity contribution >= 4 is 44.6 Å². The van der Waals surface area contributed by atoms with E-state index in [1.54, 1.807) is 42.3 Å². The van der Waals surface area contributed by atoms with Gasteiger partial charge in [-0.1, -0.05) is 18.2 Å². The number of hydrogen-bond acceptors (Lipinski definition) is 7. The fraction of sp³-hybridized carbons (Fsp3) is 0.308. The van der Waals surface area contributed by atoms with E-state index < -0.39 is 16.1 Å². The summed E-state index contributed by atoms with van der Waals surface area (Å²) in [6.07, 6.45) is 0. The van der Waals surface area contributed by atoms with Crippen LogP contribution in [0.5, 0.6) is 0 Å². The van der Waals surface area contributed by atoms with Crippen molar-refractivity contribution in [1.82, 2.24) is 9.29 Å². The van der Waals surface area contributed by atoms with Crippen LogP contribution in [-0.4, -0.2) is 63.0 Å². The zero-order valence-electron chi connectivity index (χ0n) is 20.5. The Morgan fingerprint density at radius 2 is 1.78 bits per heavy atom. The van der Waals surface area contributed by atoms with Crippen LogP contribution in [0.1, 0.15) is 12.5 Å². The molecule has 2 aromatic carbocycles. The molecule has 1 aromatic heterocycles. The van der Waals surface area contributed by atoms with Gasteiger partial charge in [-0.25, -0.2) is 13.4 Å². The van der Waals surface area contributed by atoms with Crippen LogP contribution in [0.25, 0.3) is 0 Å². The number of sulfonamides is 1. The second-order valence-electron chi connectivity index (χ2n) is 8.99. The molecule has 0 aliphatic carbocycles. The number of likely N-dealkylation sites (N-methyl/N-ethyl adjacent to an activating group) is 1. The molecule has 36 heavy (non-hydrogen) atoms. The van der Waals surface area contributed by atoms with Gasteiger partial charge in [0.15, 0.2) is 5.82 Å². The number of aromatic nitrogens is 1. The molecule has 2 aliphatic heterocycles. The molecule has 3 heterocycles. The molecule has 1 atom stereocenters. The van der Waals surface area contributed by atoms with Crippen molar-refractivity contribution in [2.24, 2.45) is 0 Å². The summed E-state index contributed by atoms with van der Waals surface area (Å²) in [5.41, 5.74) is 3.27. The van der Waals surface area contributed by atoms with E-state index in [-0.39, 0.29) is 10.8 Å². The number of anilines is 5. The van der Waals surface area contributed by atoms with E-state index in [1.807, 2.05) is 49.1 Å². The molecule has 0 bridgehead atoms. The molecule has 188 valence electrons. The van der Waals surface area contributed by atoms with Crippen LogP contribution in [0.2, 0.25) is 0 Å². The first-order valence-electron chi connectivity index (χ1n) is 11.9. The molecule has 2 aliphatic rings. The Morgan fingerprint density at radius 1 is 1.03 bits per heavy atom. The Labute approximate surface area is 211 Å². The summed E-state index contributed by atoms with van der Waals surface area (Å²) >= 11 is 0. The monoisotopic (exact) mass is 507 g/mol. The standard InChI is InChI=1S/C26H29N5O4S/c1-18-6-4-8-21(16-18)31-19(2)26(32)29(3)23-10-11-24(28-25(23)31)27-20-7-5-9-22(17-20)36(33,34)30-12-14-35-15-13-30/h4-11,16-17,19H,12-15H2,1-3H3,(H,27,28)/t19-/m1/s1. The van der Waals surface area contributed by atoms with E-state index in [4.69, 9.17) is 9.72 Å². The van der Waals surface area contributed by atoms with Crippen molar-refractivity contribution in [1.29, 1.82) is 0 Å². The number of rotatable bonds is 5. The highest BCUT2D eigenvalue weighted by Gasteiger charge is 2.36. The molecule has 10 heteroatoms. The van der Waals surface area contributed by atoms with Gasteiger partial charge in [-0.05, 0) is 61.9 Å². The summed E-state index contributed by atoms with van der Waals surface area (Å²) in [7, 11) is -1.87. The highest BCUT2D eigenvalue weighted by molar-refractivity contribution is 7.89. The topological polar surface area (TPSA) is 95.1 Å². The quantitative estimate of drug-likeness (QED) is 0.563. The first-order valence-corrected chi connectivity index (χ1v) is 13.3. The van der Waals surface area contributed by atoms with Gasteiger partial charge in [-0.3, -0.25) is 4.79 Å². The number of hydrogen-bond donors (Lipinski definition) is 1. The van der Waals surface area contributed by atoms with E-state index >= 15 is 0 Å². The molecule has 3 aromatic rings. The lowest BCUT2D eigenvalue weighted by atomic mass is 10.1. The van der Waals surface area contributed by atoms with Crippen molar-refractivity contribution < 1.29 is 17.9 Å². The van der Waals surface area contributed by atoms with Crippen LogP contribution < -0.4 is 15.1 Å². The van der Waals surface area contributed by atoms with Crippen molar-refractivity contribution in [2.45, 2.75) is 24.8 Å². The lowest BCUT2D eigenvalue weighted by molar-refractivity contribution is -0.119. The number of fused-ring (bicyclic) bond motifs is 1. The molecule has 1 saturated heterocycles. The highest BCUT2D eigenvalue weighted by atomic mass is 32.2. The van der Waals surface area contributed by atoms with Crippen LogP contribution in [0.3, 0.4) is 0 Å². The third-order valence-electron chi connectivity index (χ3n) is 6.51. The summed E-state index contributed by atoms with van der Waals surface area (Å²) < 4.78 is 32.9. The van der Waals surface area contributed by atoms with Crippen LogP contribution in [-0.2, 0) is 19.6 Å². The first-order chi connectivity index (χ1) is 17.3. The normalized spacial score (nSPS) is 18.8. The van der Waals surface area contributed by atoms with E-state index in [1.165, 1.54) is 4.31 Å². The molecule has 0 unspecified atom stereocenters. The molecule has 0 radical (unpaired) electrons. The minimum atomic E-state index is -3.62. The molecule has 1 N–H and O–H groups in total. The molecule has 9 nitrogen and oxygen atoms in total. The minimum Gasteiger partial charge on any atom is -0.379 e. The average Bonchev–Trinajstić information content (AvgIpc) is 2.88. The van der Waals surface area contributed by atoms with Gasteiger partial charge in [0, 0.05) is 31.5 Å². The number of aryl methyl sites for hydroxylation is 1. The molecule has 0 spiro atoms. The van der Waals surface area contributed by atoms with Crippen LogP contribution in [0.4, 0.5) is 28.7 Å². The SMILES string of the molecule is Cc1cccc(N2c3nc(Nc4cccc(S(=O)(=O)N5CCOCC5)c4)ccc3N(C)C(=O)[C@H]2C)c1. The minimum absolute atomic E-state index is 0.0208. The number of pyridine rings is 1. The lowest BCUT2D eigenvalue weighted by Gasteiger charge is -2.39. The number of ether oxygens (including phenoxy) is 1. The molecular weight excluding hydrogens is 478 g/mol. The van der Waals surface area contributed by atoms with E-state index in [0.717, 1.165) is 11.3 Å². The van der Waals surface area contributed by atoms with Gasteiger partial charge in [0.05, 0.1) is 23.8 Å². The second kappa shape index (κ2) is 9.53. The predicted molar refractivity (Wildman–Crippen MR) is 140 cm³/mol. The van der Waals surface area contributed by atoms with E-state index in [2.05, 4.69) is 5.32 Å². The average molecular weight is 508 g/mol. The number of morpholine rings is 1. The van der Waals surface area contributed by atoms with Crippen molar-refractivity contribution in [3.8, 4) is 0 Å². The van der Waals surface area contributed by atoms with Gasteiger partial charge in [0.1, 0.15) is 11.9 Å². The molecule has 5 rings (SSSR count). The van der Waals surface area contributed by atoms with Crippen LogP contribution >= 0.6 is 0 Å². The van der Waals surface area contributed by atoms with Gasteiger partial charge >= 0.3 is 0 Å². The Kier molecular flexibility index (Phi) is 6.42. The maximum atomic E-state index is 13.1. The molecular formula is C26H29N5O4S. The number of nitrogens with one attached hydrogen (secondary N) is 1. The summed E-state index contributed by atoms with van der Waals surface area (Å²) in [5.74, 6) is 1.17. The number of carbonyl (C=O) groups excluding carboxylic acids is 1. The summed E-state index contributed by atoms with van der Waals surface area (Å²) in [5, 5.41) is 3.24. The summed E-state index contributed by atoms with van der Waals surface area (Å²) in [6, 6.07) is 17.9. The summed E-state index contributed by atoms with van der Waals surface area (Å²) in [4.78, 5) is 21.6. The fourth-order valence-corrected chi connectivity index (χ4v) is 6.04. The largest absolute Gasteiger partial charge is 0.379 e. The van der Waals surface area contributed by atoms with Gasteiger partial charge in [-0.2, -0.15) is 4.31 Å². The third kappa shape index (κ3) is 4.43. The van der Waals surface area contributed by atoms with Gasteiger partial charge < -0.3 is 19.9 Å². The van der Waals surface area contributed by atoms with E-state index in [0.29, 0.717) is 49.3 Å².